The standard InChI is InChI=1S/C16H19N3O2/c1-16(2,18)10-11-6-7-12(9-13(11)15(17)20)21-14-5-3-4-8-19-14/h3-9H,10,18H2,1-2H3,(H2,17,20). The molecule has 0 saturated carbocycles. The van der Waals surface area contributed by atoms with Gasteiger partial charge in [-0.15, -0.1) is 0 Å². The molecule has 0 bridgehead atoms. The number of hydrogen-bond donors (Lipinski definition) is 2. The fourth-order valence-electron chi connectivity index (χ4n) is 2.02. The van der Waals surface area contributed by atoms with Gasteiger partial charge >= 0.3 is 0 Å². The fourth-order valence-corrected chi connectivity index (χ4v) is 2.02. The molecule has 2 rings (SSSR count). The molecular formula is C16H19N3O2. The number of rotatable bonds is 5. The first-order valence-electron chi connectivity index (χ1n) is 6.66. The Labute approximate surface area is 123 Å². The van der Waals surface area contributed by atoms with Gasteiger partial charge in [-0.1, -0.05) is 12.1 Å². The number of amides is 1. The van der Waals surface area contributed by atoms with Crippen molar-refractivity contribution >= 4 is 5.91 Å². The summed E-state index contributed by atoms with van der Waals surface area (Å²) in [5.41, 5.74) is 12.3. The molecule has 0 aliphatic rings. The number of pyridine rings is 1. The molecule has 0 saturated heterocycles. The quantitative estimate of drug-likeness (QED) is 0.881. The summed E-state index contributed by atoms with van der Waals surface area (Å²) in [6, 6.07) is 10.6. The molecule has 0 unspecified atom stereocenters. The van der Waals surface area contributed by atoms with E-state index >= 15 is 0 Å². The lowest BCUT2D eigenvalue weighted by molar-refractivity contribution is 0.0999. The van der Waals surface area contributed by atoms with Gasteiger partial charge in [0.1, 0.15) is 5.75 Å². The Morgan fingerprint density at radius 1 is 1.29 bits per heavy atom. The maximum atomic E-state index is 11.6. The number of aromatic nitrogens is 1. The smallest absolute Gasteiger partial charge is 0.249 e. The van der Waals surface area contributed by atoms with Crippen molar-refractivity contribution in [3.05, 3.63) is 53.7 Å². The number of benzene rings is 1. The third kappa shape index (κ3) is 4.29. The number of carbonyl (C=O) groups excluding carboxylic acids is 1. The Hall–Kier alpha value is -2.40. The Bertz CT molecular complexity index is 634. The second-order valence-electron chi connectivity index (χ2n) is 5.62. The minimum Gasteiger partial charge on any atom is -0.439 e. The Balaban J connectivity index is 2.30. The number of hydrogen-bond acceptors (Lipinski definition) is 4. The van der Waals surface area contributed by atoms with Crippen molar-refractivity contribution < 1.29 is 9.53 Å². The monoisotopic (exact) mass is 285 g/mol. The van der Waals surface area contributed by atoms with E-state index in [9.17, 15) is 4.79 Å². The van der Waals surface area contributed by atoms with Crippen molar-refractivity contribution in [3.63, 3.8) is 0 Å². The van der Waals surface area contributed by atoms with E-state index in [0.29, 0.717) is 23.6 Å². The van der Waals surface area contributed by atoms with Crippen LogP contribution in [-0.4, -0.2) is 16.4 Å². The first-order valence-corrected chi connectivity index (χ1v) is 6.66. The molecule has 0 fully saturated rings. The van der Waals surface area contributed by atoms with Crippen molar-refractivity contribution in [2.75, 3.05) is 0 Å². The molecule has 0 atom stereocenters. The van der Waals surface area contributed by atoms with Crippen LogP contribution in [0, 0.1) is 0 Å². The molecule has 0 radical (unpaired) electrons. The van der Waals surface area contributed by atoms with Crippen molar-refractivity contribution in [1.82, 2.24) is 4.98 Å². The van der Waals surface area contributed by atoms with Crippen molar-refractivity contribution in [2.24, 2.45) is 11.5 Å². The van der Waals surface area contributed by atoms with Crippen LogP contribution < -0.4 is 16.2 Å². The lowest BCUT2D eigenvalue weighted by Crippen LogP contribution is -2.35. The highest BCUT2D eigenvalue weighted by atomic mass is 16.5. The van der Waals surface area contributed by atoms with Crippen LogP contribution in [0.3, 0.4) is 0 Å². The molecule has 4 N–H and O–H groups in total. The molecule has 5 nitrogen and oxygen atoms in total. The summed E-state index contributed by atoms with van der Waals surface area (Å²) in [5, 5.41) is 0. The van der Waals surface area contributed by atoms with Gasteiger partial charge in [-0.2, -0.15) is 0 Å². The second kappa shape index (κ2) is 5.93. The predicted molar refractivity (Wildman–Crippen MR) is 81.2 cm³/mol. The van der Waals surface area contributed by atoms with Gasteiger partial charge in [0, 0.05) is 23.4 Å². The van der Waals surface area contributed by atoms with Gasteiger partial charge in [-0.3, -0.25) is 4.79 Å². The normalized spacial score (nSPS) is 11.2. The molecule has 21 heavy (non-hydrogen) atoms. The molecule has 1 aromatic heterocycles. The number of carbonyl (C=O) groups is 1. The minimum absolute atomic E-state index is 0.418. The molecule has 1 amide bonds. The van der Waals surface area contributed by atoms with Gasteiger partial charge in [0.2, 0.25) is 11.8 Å². The Kier molecular flexibility index (Phi) is 4.23. The highest BCUT2D eigenvalue weighted by Crippen LogP contribution is 2.24. The summed E-state index contributed by atoms with van der Waals surface area (Å²) in [7, 11) is 0. The maximum Gasteiger partial charge on any atom is 0.249 e. The molecule has 110 valence electrons. The topological polar surface area (TPSA) is 91.2 Å². The lowest BCUT2D eigenvalue weighted by atomic mass is 9.92. The first-order chi connectivity index (χ1) is 9.85. The van der Waals surface area contributed by atoms with E-state index < -0.39 is 11.4 Å². The summed E-state index contributed by atoms with van der Waals surface area (Å²) in [4.78, 5) is 15.7. The average molecular weight is 285 g/mol. The molecule has 0 aliphatic heterocycles. The Morgan fingerprint density at radius 3 is 2.62 bits per heavy atom. The predicted octanol–water partition coefficient (Wildman–Crippen LogP) is 2.25. The van der Waals surface area contributed by atoms with Gasteiger partial charge in [0.25, 0.3) is 0 Å². The van der Waals surface area contributed by atoms with E-state index in [2.05, 4.69) is 4.98 Å². The molecule has 5 heteroatoms. The van der Waals surface area contributed by atoms with Gasteiger partial charge in [0.15, 0.2) is 0 Å². The first kappa shape index (κ1) is 15.0. The summed E-state index contributed by atoms with van der Waals surface area (Å²) < 4.78 is 5.60. The number of nitrogens with two attached hydrogens (primary N) is 2. The average Bonchev–Trinajstić information content (AvgIpc) is 2.40. The van der Waals surface area contributed by atoms with E-state index in [1.54, 1.807) is 30.5 Å². The third-order valence-corrected chi connectivity index (χ3v) is 2.85. The molecule has 1 heterocycles. The van der Waals surface area contributed by atoms with Crippen LogP contribution in [0.15, 0.2) is 42.6 Å². The van der Waals surface area contributed by atoms with E-state index in [4.69, 9.17) is 16.2 Å². The zero-order valence-corrected chi connectivity index (χ0v) is 12.2. The van der Waals surface area contributed by atoms with Gasteiger partial charge < -0.3 is 16.2 Å². The van der Waals surface area contributed by atoms with Crippen LogP contribution in [-0.2, 0) is 6.42 Å². The van der Waals surface area contributed by atoms with Crippen LogP contribution in [0.2, 0.25) is 0 Å². The van der Waals surface area contributed by atoms with Crippen molar-refractivity contribution in [1.29, 1.82) is 0 Å². The maximum absolute atomic E-state index is 11.6. The minimum atomic E-state index is -0.499. The highest BCUT2D eigenvalue weighted by Gasteiger charge is 2.17. The number of ether oxygens (including phenoxy) is 1. The lowest BCUT2D eigenvalue weighted by Gasteiger charge is -2.20. The largest absolute Gasteiger partial charge is 0.439 e. The second-order valence-corrected chi connectivity index (χ2v) is 5.62. The van der Waals surface area contributed by atoms with Crippen LogP contribution >= 0.6 is 0 Å². The zero-order valence-electron chi connectivity index (χ0n) is 12.2. The molecular weight excluding hydrogens is 266 g/mol. The van der Waals surface area contributed by atoms with E-state index in [1.165, 1.54) is 0 Å². The summed E-state index contributed by atoms with van der Waals surface area (Å²) >= 11 is 0. The third-order valence-electron chi connectivity index (χ3n) is 2.85. The SMILES string of the molecule is CC(C)(N)Cc1ccc(Oc2ccccn2)cc1C(N)=O. The summed E-state index contributed by atoms with van der Waals surface area (Å²) in [6.45, 7) is 3.80. The van der Waals surface area contributed by atoms with Gasteiger partial charge in [0.05, 0.1) is 0 Å². The molecule has 0 spiro atoms. The van der Waals surface area contributed by atoms with E-state index in [-0.39, 0.29) is 0 Å². The van der Waals surface area contributed by atoms with Crippen LogP contribution in [0.25, 0.3) is 0 Å². The van der Waals surface area contributed by atoms with Crippen molar-refractivity contribution in [2.45, 2.75) is 25.8 Å². The summed E-state index contributed by atoms with van der Waals surface area (Å²) in [6.07, 6.45) is 2.19. The molecule has 1 aromatic carbocycles. The summed E-state index contributed by atoms with van der Waals surface area (Å²) in [5.74, 6) is 0.474. The zero-order chi connectivity index (χ0) is 15.5. The molecule has 0 aliphatic carbocycles. The Morgan fingerprint density at radius 2 is 2.05 bits per heavy atom. The van der Waals surface area contributed by atoms with Crippen LogP contribution in [0.1, 0.15) is 29.8 Å². The highest BCUT2D eigenvalue weighted by molar-refractivity contribution is 5.94. The van der Waals surface area contributed by atoms with E-state index in [1.807, 2.05) is 26.0 Å². The van der Waals surface area contributed by atoms with Crippen molar-refractivity contribution in [3.8, 4) is 11.6 Å². The van der Waals surface area contributed by atoms with Crippen LogP contribution in [0.5, 0.6) is 11.6 Å². The number of nitrogens with zero attached hydrogens (tertiary/aromatic N) is 1. The van der Waals surface area contributed by atoms with Gasteiger partial charge in [-0.05, 0) is 44.0 Å². The molecule has 2 aromatic rings. The fraction of sp³-hybridized carbons (Fsp3) is 0.250. The van der Waals surface area contributed by atoms with E-state index in [0.717, 1.165) is 5.56 Å². The van der Waals surface area contributed by atoms with Crippen LogP contribution in [0.4, 0.5) is 0 Å². The number of primary amides is 1. The van der Waals surface area contributed by atoms with Gasteiger partial charge in [-0.25, -0.2) is 4.98 Å².